The molecule has 2 rings (SSSR count). The summed E-state index contributed by atoms with van der Waals surface area (Å²) in [6, 6.07) is 5.89. The molecule has 0 bridgehead atoms. The van der Waals surface area contributed by atoms with Crippen LogP contribution in [-0.2, 0) is 15.7 Å². The summed E-state index contributed by atoms with van der Waals surface area (Å²) in [5, 5.41) is 0. The van der Waals surface area contributed by atoms with Crippen LogP contribution in [-0.4, -0.2) is 8.42 Å². The van der Waals surface area contributed by atoms with Crippen LogP contribution < -0.4 is 4.74 Å². The molecule has 0 radical (unpaired) electrons. The molecule has 0 amide bonds. The SMILES string of the molecule is O=S(=O)(Cl)c1cc(F)ccc1OCc1ccc(F)c(F)c1. The fraction of sp³-hybridized carbons (Fsp3) is 0.0769. The number of ether oxygens (including phenoxy) is 1. The summed E-state index contributed by atoms with van der Waals surface area (Å²) in [5.74, 6) is -3.05. The van der Waals surface area contributed by atoms with Crippen LogP contribution in [0.5, 0.6) is 5.75 Å². The Kier molecular flexibility index (Phi) is 4.43. The zero-order chi connectivity index (χ0) is 15.6. The predicted octanol–water partition coefficient (Wildman–Crippen LogP) is 3.61. The summed E-state index contributed by atoms with van der Waals surface area (Å²) in [6.45, 7) is -0.234. The minimum absolute atomic E-state index is 0.184. The van der Waals surface area contributed by atoms with E-state index in [1.807, 2.05) is 0 Å². The number of rotatable bonds is 4. The van der Waals surface area contributed by atoms with Crippen molar-refractivity contribution in [3.8, 4) is 5.75 Å². The zero-order valence-electron chi connectivity index (χ0n) is 10.3. The van der Waals surface area contributed by atoms with Crippen LogP contribution in [0.1, 0.15) is 5.56 Å². The smallest absolute Gasteiger partial charge is 0.265 e. The van der Waals surface area contributed by atoms with Crippen molar-refractivity contribution >= 4 is 19.7 Å². The highest BCUT2D eigenvalue weighted by molar-refractivity contribution is 8.13. The molecule has 0 N–H and O–H groups in total. The van der Waals surface area contributed by atoms with E-state index >= 15 is 0 Å². The standard InChI is InChI=1S/C13H8ClF3O3S/c14-21(18,19)13-6-9(15)2-4-12(13)20-7-8-1-3-10(16)11(17)5-8/h1-6H,7H2. The van der Waals surface area contributed by atoms with Gasteiger partial charge in [0.05, 0.1) is 0 Å². The van der Waals surface area contributed by atoms with E-state index in [-0.39, 0.29) is 17.9 Å². The first-order valence-electron chi connectivity index (χ1n) is 5.58. The molecule has 21 heavy (non-hydrogen) atoms. The van der Waals surface area contributed by atoms with Crippen molar-refractivity contribution in [3.05, 3.63) is 59.4 Å². The lowest BCUT2D eigenvalue weighted by atomic mass is 10.2. The Morgan fingerprint density at radius 3 is 2.33 bits per heavy atom. The number of hydrogen-bond acceptors (Lipinski definition) is 3. The normalized spacial score (nSPS) is 11.4. The molecule has 0 saturated heterocycles. The minimum atomic E-state index is -4.20. The van der Waals surface area contributed by atoms with Crippen molar-refractivity contribution in [2.24, 2.45) is 0 Å². The lowest BCUT2D eigenvalue weighted by molar-refractivity contribution is 0.296. The van der Waals surface area contributed by atoms with Crippen molar-refractivity contribution in [1.82, 2.24) is 0 Å². The third-order valence-corrected chi connectivity index (χ3v) is 3.89. The van der Waals surface area contributed by atoms with Gasteiger partial charge in [-0.25, -0.2) is 21.6 Å². The van der Waals surface area contributed by atoms with Crippen molar-refractivity contribution in [2.75, 3.05) is 0 Å². The molecule has 3 nitrogen and oxygen atoms in total. The van der Waals surface area contributed by atoms with E-state index < -0.39 is 31.4 Å². The van der Waals surface area contributed by atoms with Gasteiger partial charge in [-0.1, -0.05) is 6.07 Å². The molecule has 0 aliphatic carbocycles. The molecule has 0 aliphatic heterocycles. The van der Waals surface area contributed by atoms with Gasteiger partial charge < -0.3 is 4.74 Å². The van der Waals surface area contributed by atoms with Crippen molar-refractivity contribution < 1.29 is 26.3 Å². The highest BCUT2D eigenvalue weighted by Crippen LogP contribution is 2.28. The molecule has 0 heterocycles. The van der Waals surface area contributed by atoms with Crippen molar-refractivity contribution in [1.29, 1.82) is 0 Å². The van der Waals surface area contributed by atoms with Gasteiger partial charge in [0, 0.05) is 10.7 Å². The van der Waals surface area contributed by atoms with Crippen LogP contribution >= 0.6 is 10.7 Å². The Morgan fingerprint density at radius 1 is 1.00 bits per heavy atom. The molecule has 0 aromatic heterocycles. The third kappa shape index (κ3) is 3.89. The van der Waals surface area contributed by atoms with Gasteiger partial charge in [0.2, 0.25) is 0 Å². The van der Waals surface area contributed by atoms with Gasteiger partial charge in [-0.2, -0.15) is 0 Å². The largest absolute Gasteiger partial charge is 0.487 e. The van der Waals surface area contributed by atoms with E-state index in [0.29, 0.717) is 6.07 Å². The average Bonchev–Trinajstić information content (AvgIpc) is 2.40. The molecule has 0 unspecified atom stereocenters. The summed E-state index contributed by atoms with van der Waals surface area (Å²) in [5.41, 5.74) is 0.274. The summed E-state index contributed by atoms with van der Waals surface area (Å²) in [6.07, 6.45) is 0. The molecule has 8 heteroatoms. The second kappa shape index (κ2) is 5.95. The van der Waals surface area contributed by atoms with Gasteiger partial charge in [-0.05, 0) is 35.9 Å². The fourth-order valence-corrected chi connectivity index (χ4v) is 2.56. The lowest BCUT2D eigenvalue weighted by Gasteiger charge is -2.10. The third-order valence-electron chi connectivity index (χ3n) is 2.55. The van der Waals surface area contributed by atoms with E-state index in [4.69, 9.17) is 15.4 Å². The van der Waals surface area contributed by atoms with Crippen molar-refractivity contribution in [3.63, 3.8) is 0 Å². The van der Waals surface area contributed by atoms with Gasteiger partial charge in [0.25, 0.3) is 9.05 Å². The number of benzene rings is 2. The lowest BCUT2D eigenvalue weighted by Crippen LogP contribution is -2.02. The first kappa shape index (κ1) is 15.7. The van der Waals surface area contributed by atoms with Crippen molar-refractivity contribution in [2.45, 2.75) is 11.5 Å². The van der Waals surface area contributed by atoms with E-state index in [1.165, 1.54) is 6.07 Å². The minimum Gasteiger partial charge on any atom is -0.487 e. The molecule has 0 atom stereocenters. The highest BCUT2D eigenvalue weighted by atomic mass is 35.7. The molecular formula is C13H8ClF3O3S. The zero-order valence-corrected chi connectivity index (χ0v) is 11.9. The molecular weight excluding hydrogens is 329 g/mol. The van der Waals surface area contributed by atoms with Gasteiger partial charge in [0.1, 0.15) is 23.1 Å². The van der Waals surface area contributed by atoms with Crippen LogP contribution in [0.4, 0.5) is 13.2 Å². The molecule has 2 aromatic rings. The Hall–Kier alpha value is -1.73. The molecule has 0 aliphatic rings. The number of hydrogen-bond donors (Lipinski definition) is 0. The van der Waals surface area contributed by atoms with Gasteiger partial charge in [-0.3, -0.25) is 0 Å². The fourth-order valence-electron chi connectivity index (χ4n) is 1.58. The molecule has 2 aromatic carbocycles. The monoisotopic (exact) mass is 336 g/mol. The predicted molar refractivity (Wildman–Crippen MR) is 70.1 cm³/mol. The van der Waals surface area contributed by atoms with E-state index in [0.717, 1.165) is 24.3 Å². The Balaban J connectivity index is 2.26. The average molecular weight is 337 g/mol. The molecule has 0 spiro atoms. The first-order chi connectivity index (χ1) is 9.77. The molecule has 0 saturated carbocycles. The van der Waals surface area contributed by atoms with Crippen LogP contribution in [0, 0.1) is 17.5 Å². The topological polar surface area (TPSA) is 43.4 Å². The van der Waals surface area contributed by atoms with Gasteiger partial charge >= 0.3 is 0 Å². The highest BCUT2D eigenvalue weighted by Gasteiger charge is 2.18. The number of halogens is 4. The maximum absolute atomic E-state index is 13.1. The van der Waals surface area contributed by atoms with Gasteiger partial charge in [-0.15, -0.1) is 0 Å². The van der Waals surface area contributed by atoms with E-state index in [2.05, 4.69) is 0 Å². The second-order valence-electron chi connectivity index (χ2n) is 4.07. The molecule has 112 valence electrons. The molecule has 0 fully saturated rings. The van der Waals surface area contributed by atoms with E-state index in [9.17, 15) is 21.6 Å². The van der Waals surface area contributed by atoms with Gasteiger partial charge in [0.15, 0.2) is 11.6 Å². The first-order valence-corrected chi connectivity index (χ1v) is 7.89. The maximum Gasteiger partial charge on any atom is 0.265 e. The Morgan fingerprint density at radius 2 is 1.71 bits per heavy atom. The quantitative estimate of drug-likeness (QED) is 0.801. The van der Waals surface area contributed by atoms with Crippen LogP contribution in [0.15, 0.2) is 41.3 Å². The van der Waals surface area contributed by atoms with Crippen LogP contribution in [0.25, 0.3) is 0 Å². The Labute approximate surface area is 123 Å². The maximum atomic E-state index is 13.1. The van der Waals surface area contributed by atoms with Crippen LogP contribution in [0.3, 0.4) is 0 Å². The summed E-state index contributed by atoms with van der Waals surface area (Å²) in [7, 11) is 0.977. The summed E-state index contributed by atoms with van der Waals surface area (Å²) in [4.78, 5) is -0.535. The van der Waals surface area contributed by atoms with E-state index in [1.54, 1.807) is 0 Å². The summed E-state index contributed by atoms with van der Waals surface area (Å²) < 4.78 is 66.7. The second-order valence-corrected chi connectivity index (χ2v) is 6.60. The summed E-state index contributed by atoms with van der Waals surface area (Å²) >= 11 is 0. The van der Waals surface area contributed by atoms with Crippen LogP contribution in [0.2, 0.25) is 0 Å². The Bertz CT molecular complexity index is 778.